The van der Waals surface area contributed by atoms with Crippen molar-refractivity contribution in [3.8, 4) is 0 Å². The largest absolute Gasteiger partial charge is 0.366 e. The summed E-state index contributed by atoms with van der Waals surface area (Å²) in [6.45, 7) is 9.42. The smallest absolute Gasteiger partial charge is 0.249 e. The Morgan fingerprint density at radius 3 is 2.45 bits per heavy atom. The Labute approximate surface area is 172 Å². The Hall–Kier alpha value is -3.07. The van der Waals surface area contributed by atoms with Crippen LogP contribution in [0.3, 0.4) is 0 Å². The van der Waals surface area contributed by atoms with Crippen molar-refractivity contribution in [2.24, 2.45) is 5.73 Å². The minimum atomic E-state index is -0.400. The number of nitrogens with two attached hydrogens (primary N) is 1. The second kappa shape index (κ2) is 7.40. The number of rotatable bonds is 5. The van der Waals surface area contributed by atoms with Crippen LogP contribution in [-0.4, -0.2) is 10.5 Å². The third-order valence-electron chi connectivity index (χ3n) is 5.81. The lowest BCUT2D eigenvalue weighted by Crippen LogP contribution is -2.11. The zero-order valence-corrected chi connectivity index (χ0v) is 17.6. The van der Waals surface area contributed by atoms with E-state index in [1.54, 1.807) is 0 Å². The summed E-state index contributed by atoms with van der Waals surface area (Å²) >= 11 is 0. The lowest BCUT2D eigenvalue weighted by molar-refractivity contribution is 0.100. The molecule has 0 aliphatic rings. The first-order valence-corrected chi connectivity index (χ1v) is 10.2. The maximum atomic E-state index is 12.1. The average Bonchev–Trinajstić information content (AvgIpc) is 2.97. The van der Waals surface area contributed by atoms with Gasteiger partial charge in [0.25, 0.3) is 0 Å². The van der Waals surface area contributed by atoms with Crippen LogP contribution in [0.4, 0.5) is 0 Å². The molecule has 0 fully saturated rings. The molecule has 1 aromatic heterocycles. The van der Waals surface area contributed by atoms with E-state index in [9.17, 15) is 4.79 Å². The molecule has 0 saturated carbocycles. The number of hydrogen-bond donors (Lipinski definition) is 1. The van der Waals surface area contributed by atoms with E-state index in [0.717, 1.165) is 41.2 Å². The molecule has 3 aromatic carbocycles. The number of hydrogen-bond acceptors (Lipinski definition) is 1. The quantitative estimate of drug-likeness (QED) is 0.478. The van der Waals surface area contributed by atoms with Crippen molar-refractivity contribution in [2.75, 3.05) is 0 Å². The highest BCUT2D eigenvalue weighted by molar-refractivity contribution is 6.17. The summed E-state index contributed by atoms with van der Waals surface area (Å²) in [5.41, 5.74) is 14.9. The predicted molar refractivity (Wildman–Crippen MR) is 121 cm³/mol. The van der Waals surface area contributed by atoms with Crippen LogP contribution in [0.2, 0.25) is 0 Å². The first-order chi connectivity index (χ1) is 13.9. The van der Waals surface area contributed by atoms with Gasteiger partial charge in [-0.1, -0.05) is 43.2 Å². The highest BCUT2D eigenvalue weighted by atomic mass is 16.1. The second-order valence-corrected chi connectivity index (χ2v) is 8.05. The number of carbonyl (C=O) groups excluding carboxylic acids is 1. The van der Waals surface area contributed by atoms with Gasteiger partial charge in [0.2, 0.25) is 5.91 Å². The van der Waals surface area contributed by atoms with Crippen LogP contribution in [0, 0.1) is 26.8 Å². The van der Waals surface area contributed by atoms with Gasteiger partial charge >= 0.3 is 0 Å². The number of benzene rings is 3. The van der Waals surface area contributed by atoms with Crippen LogP contribution in [0.5, 0.6) is 0 Å². The average molecular weight is 384 g/mol. The maximum absolute atomic E-state index is 12.1. The van der Waals surface area contributed by atoms with E-state index in [-0.39, 0.29) is 0 Å². The lowest BCUT2D eigenvalue weighted by Gasteiger charge is -2.15. The van der Waals surface area contributed by atoms with E-state index >= 15 is 0 Å². The lowest BCUT2D eigenvalue weighted by atomic mass is 9.99. The Balaban J connectivity index is 2.04. The summed E-state index contributed by atoms with van der Waals surface area (Å²) in [5, 5.41) is 1.87. The van der Waals surface area contributed by atoms with Crippen LogP contribution in [0.1, 0.15) is 51.5 Å². The molecule has 4 rings (SSSR count). The molecule has 3 heteroatoms. The van der Waals surface area contributed by atoms with Crippen LogP contribution in [0.25, 0.3) is 21.8 Å². The van der Waals surface area contributed by atoms with Gasteiger partial charge in [-0.15, -0.1) is 0 Å². The minimum Gasteiger partial charge on any atom is -0.366 e. The molecule has 2 N–H and O–H groups in total. The van der Waals surface area contributed by atoms with Gasteiger partial charge in [-0.05, 0) is 73.7 Å². The molecule has 0 spiro atoms. The van der Waals surface area contributed by atoms with Gasteiger partial charge in [-0.25, -0.2) is 0 Å². The molecule has 29 heavy (non-hydrogen) atoms. The zero-order chi connectivity index (χ0) is 20.7. The van der Waals surface area contributed by atoms with Crippen molar-refractivity contribution in [3.63, 3.8) is 0 Å². The molecule has 4 aromatic rings. The topological polar surface area (TPSA) is 48.0 Å². The van der Waals surface area contributed by atoms with Crippen molar-refractivity contribution in [3.05, 3.63) is 81.9 Å². The summed E-state index contributed by atoms with van der Waals surface area (Å²) in [4.78, 5) is 12.1. The van der Waals surface area contributed by atoms with E-state index in [1.807, 2.05) is 12.1 Å². The Bertz CT molecular complexity index is 1220. The number of fused-ring (bicyclic) bond motifs is 3. The van der Waals surface area contributed by atoms with Gasteiger partial charge in [0, 0.05) is 22.9 Å². The molecule has 0 bridgehead atoms. The van der Waals surface area contributed by atoms with E-state index in [0.29, 0.717) is 5.56 Å². The SMILES string of the molecule is CCCc1c[c]c2c3c(C(N)=O)cccc3n(Cc3c(C)cc(C)cc3C)c2c1. The molecule has 0 saturated heterocycles. The number of primary amides is 1. The van der Waals surface area contributed by atoms with Crippen molar-refractivity contribution in [2.45, 2.75) is 47.1 Å². The van der Waals surface area contributed by atoms with Gasteiger partial charge in [0.1, 0.15) is 0 Å². The van der Waals surface area contributed by atoms with Gasteiger partial charge in [0.05, 0.1) is 11.0 Å². The predicted octanol–water partition coefficient (Wildman–Crippen LogP) is 5.62. The van der Waals surface area contributed by atoms with Crippen LogP contribution in [-0.2, 0) is 13.0 Å². The minimum absolute atomic E-state index is 0.400. The number of nitrogens with zero attached hydrogens (tertiary/aromatic N) is 1. The molecule has 0 atom stereocenters. The van der Waals surface area contributed by atoms with E-state index in [1.165, 1.54) is 27.8 Å². The fourth-order valence-corrected chi connectivity index (χ4v) is 4.53. The zero-order valence-electron chi connectivity index (χ0n) is 17.6. The van der Waals surface area contributed by atoms with Crippen molar-refractivity contribution in [1.29, 1.82) is 0 Å². The van der Waals surface area contributed by atoms with Crippen molar-refractivity contribution < 1.29 is 4.79 Å². The normalized spacial score (nSPS) is 11.4. The second-order valence-electron chi connectivity index (χ2n) is 8.05. The Morgan fingerprint density at radius 2 is 1.79 bits per heavy atom. The molecule has 1 heterocycles. The monoisotopic (exact) mass is 383 g/mol. The Kier molecular flexibility index (Phi) is 4.91. The van der Waals surface area contributed by atoms with E-state index in [4.69, 9.17) is 5.73 Å². The summed E-state index contributed by atoms with van der Waals surface area (Å²) < 4.78 is 2.32. The van der Waals surface area contributed by atoms with Gasteiger partial charge < -0.3 is 10.3 Å². The van der Waals surface area contributed by atoms with Crippen LogP contribution < -0.4 is 5.73 Å². The van der Waals surface area contributed by atoms with E-state index < -0.39 is 5.91 Å². The van der Waals surface area contributed by atoms with Gasteiger partial charge in [0.15, 0.2) is 0 Å². The fourth-order valence-electron chi connectivity index (χ4n) is 4.53. The molecule has 1 amide bonds. The first kappa shape index (κ1) is 19.3. The summed E-state index contributed by atoms with van der Waals surface area (Å²) in [7, 11) is 0. The number of amides is 1. The number of carbonyl (C=O) groups is 1. The molecule has 0 aliphatic heterocycles. The molecule has 3 nitrogen and oxygen atoms in total. The first-order valence-electron chi connectivity index (χ1n) is 10.2. The highest BCUT2D eigenvalue weighted by Crippen LogP contribution is 2.33. The highest BCUT2D eigenvalue weighted by Gasteiger charge is 2.18. The van der Waals surface area contributed by atoms with E-state index in [2.05, 4.69) is 68.7 Å². The molecule has 0 unspecified atom stereocenters. The third-order valence-corrected chi connectivity index (χ3v) is 5.81. The fraction of sp³-hybridized carbons (Fsp3) is 0.269. The third kappa shape index (κ3) is 3.31. The maximum Gasteiger partial charge on any atom is 0.249 e. The van der Waals surface area contributed by atoms with Crippen LogP contribution >= 0.6 is 0 Å². The van der Waals surface area contributed by atoms with Crippen molar-refractivity contribution >= 4 is 27.7 Å². The summed E-state index contributed by atoms with van der Waals surface area (Å²) in [6, 6.07) is 18.0. The van der Waals surface area contributed by atoms with Gasteiger partial charge in [-0.3, -0.25) is 4.79 Å². The standard InChI is InChI=1S/C26H27N2O/c1-5-7-19-10-11-20-24(14-19)28(15-22-17(3)12-16(2)13-18(22)4)23-9-6-8-21(25(20)23)26(27)29/h6,8-10,12-14H,5,7,15H2,1-4H3,(H2,27,29). The summed E-state index contributed by atoms with van der Waals surface area (Å²) in [6.07, 6.45) is 2.10. The molecule has 147 valence electrons. The number of aryl methyl sites for hydroxylation is 4. The molecule has 0 aliphatic carbocycles. The summed E-state index contributed by atoms with van der Waals surface area (Å²) in [5.74, 6) is -0.400. The molecular weight excluding hydrogens is 356 g/mol. The Morgan fingerprint density at radius 1 is 1.07 bits per heavy atom. The van der Waals surface area contributed by atoms with Crippen molar-refractivity contribution in [1.82, 2.24) is 4.57 Å². The molecular formula is C26H27N2O. The van der Waals surface area contributed by atoms with Crippen LogP contribution in [0.15, 0.2) is 42.5 Å². The molecule has 1 radical (unpaired) electrons. The number of aromatic nitrogens is 1. The van der Waals surface area contributed by atoms with Gasteiger partial charge in [-0.2, -0.15) is 0 Å².